The molecule has 58 heavy (non-hydrogen) atoms. The summed E-state index contributed by atoms with van der Waals surface area (Å²) in [6, 6.07) is 0. The summed E-state index contributed by atoms with van der Waals surface area (Å²) in [6.07, 6.45) is 10.0. The minimum Gasteiger partial charge on any atom is -0.391 e. The van der Waals surface area contributed by atoms with Crippen LogP contribution in [0.1, 0.15) is 118 Å². The van der Waals surface area contributed by atoms with E-state index in [-0.39, 0.29) is 54.8 Å². The fourth-order valence-corrected chi connectivity index (χ4v) is 15.0. The van der Waals surface area contributed by atoms with E-state index in [9.17, 15) is 30.6 Å². The monoisotopic (exact) mass is 817 g/mol. The number of hydrogen-bond donors (Lipinski definition) is 9. The van der Waals surface area contributed by atoms with Gasteiger partial charge in [-0.15, -0.1) is 0 Å². The van der Waals surface area contributed by atoms with Crippen molar-refractivity contribution in [1.82, 2.24) is 0 Å². The van der Waals surface area contributed by atoms with E-state index in [1.165, 1.54) is 19.3 Å². The molecule has 12 nitrogen and oxygen atoms in total. The molecule has 19 atom stereocenters. The zero-order valence-electron chi connectivity index (χ0n) is 36.4. The number of ether oxygens (including phenoxy) is 1. The number of piperidine rings is 1. The maximum atomic E-state index is 15.4. The van der Waals surface area contributed by atoms with Gasteiger partial charge in [0.15, 0.2) is 5.78 Å². The van der Waals surface area contributed by atoms with E-state index in [4.69, 9.17) is 15.5 Å². The molecule has 0 aromatic carbocycles. The first-order valence-electron chi connectivity index (χ1n) is 23.3. The van der Waals surface area contributed by atoms with Crippen molar-refractivity contribution in [3.05, 3.63) is 12.2 Å². The molecule has 0 bridgehead atoms. The first kappa shape index (κ1) is 44.7. The van der Waals surface area contributed by atoms with E-state index in [0.29, 0.717) is 50.7 Å². The van der Waals surface area contributed by atoms with E-state index in [2.05, 4.69) is 50.6 Å². The Bertz CT molecular complexity index is 1530. The van der Waals surface area contributed by atoms with Crippen LogP contribution < -0.4 is 16.4 Å². The molecular weight excluding hydrogens is 737 g/mol. The highest BCUT2D eigenvalue weighted by Gasteiger charge is 2.79. The van der Waals surface area contributed by atoms with Crippen molar-refractivity contribution in [3.63, 3.8) is 0 Å². The Balaban J connectivity index is 1.35. The lowest BCUT2D eigenvalue weighted by Gasteiger charge is -2.69. The summed E-state index contributed by atoms with van der Waals surface area (Å²) in [5, 5.41) is 77.1. The zero-order chi connectivity index (χ0) is 42.0. The SMILES string of the molecule is CCCCCCC1COC(C(O)C(C)(O)C2CCC3(O)C4C(=NCC(C)O)C(=O)C5CC(O)C(O)CC56CC(C5CCC(N)[NH2+]C5)C=CC(C[NH2+]C)(CC23C)C46)C1C. The van der Waals surface area contributed by atoms with Crippen molar-refractivity contribution >= 4 is 11.5 Å². The molecule has 0 aromatic rings. The second-order valence-electron chi connectivity index (χ2n) is 21.3. The lowest BCUT2D eigenvalue weighted by atomic mass is 9.35. The van der Waals surface area contributed by atoms with Gasteiger partial charge >= 0.3 is 0 Å². The second-order valence-corrected chi connectivity index (χ2v) is 21.3. The molecule has 7 aliphatic rings. The number of aliphatic hydroxyl groups is 6. The third-order valence-electron chi connectivity index (χ3n) is 17.9. The number of fused-ring (bicyclic) bond motifs is 2. The number of carbonyl (C=O) groups excluding carboxylic acids is 1. The molecule has 0 radical (unpaired) electrons. The van der Waals surface area contributed by atoms with Gasteiger partial charge in [-0.05, 0) is 100 Å². The van der Waals surface area contributed by atoms with Crippen LogP contribution in [-0.2, 0) is 9.53 Å². The van der Waals surface area contributed by atoms with Crippen LogP contribution in [0.4, 0.5) is 0 Å². The molecule has 2 heterocycles. The van der Waals surface area contributed by atoms with Gasteiger partial charge in [-0.25, -0.2) is 0 Å². The quantitative estimate of drug-likeness (QED) is 0.0957. The Morgan fingerprint density at radius 1 is 1.14 bits per heavy atom. The maximum absolute atomic E-state index is 15.4. The van der Waals surface area contributed by atoms with Crippen LogP contribution in [-0.4, -0.2) is 123 Å². The summed E-state index contributed by atoms with van der Waals surface area (Å²) in [4.78, 5) is 20.3. The molecule has 0 amide bonds. The van der Waals surface area contributed by atoms with Gasteiger partial charge in [-0.1, -0.05) is 58.6 Å². The molecule has 2 aliphatic heterocycles. The Labute approximate surface area is 347 Å². The number of unbranched alkanes of at least 4 members (excludes halogenated alkanes) is 3. The molecule has 6 fully saturated rings. The standard InChI is InChI=1S/C46H78N4O8/c1-7-8-9-10-11-30-23-58-39(27(30)3)41(55)43(5,56)34-15-17-46(57)36-37(50-21-26(2)51)38(54)31-18-32(52)33(53)20-45(31)19-28(29-12-13-35(47)49-22-29)14-16-44(25-48-6,40(36)45)24-42(34,46)4/h14,16,26-36,39-41,48-49,51-53,55-57H,7-13,15,17-25,47H2,1-6H3/p+2. The van der Waals surface area contributed by atoms with Crippen LogP contribution in [0.5, 0.6) is 0 Å². The average molecular weight is 817 g/mol. The highest BCUT2D eigenvalue weighted by atomic mass is 16.5. The van der Waals surface area contributed by atoms with E-state index in [1.807, 2.05) is 0 Å². The molecule has 2 saturated heterocycles. The summed E-state index contributed by atoms with van der Waals surface area (Å²) in [6.45, 7) is 11.9. The number of hydrogen-bond acceptors (Lipinski definition) is 10. The van der Waals surface area contributed by atoms with Gasteiger partial charge in [0.1, 0.15) is 12.3 Å². The van der Waals surface area contributed by atoms with Crippen LogP contribution in [0.15, 0.2) is 17.1 Å². The van der Waals surface area contributed by atoms with Crippen LogP contribution in [0.3, 0.4) is 0 Å². The van der Waals surface area contributed by atoms with Gasteiger partial charge in [0.05, 0.1) is 74.6 Å². The van der Waals surface area contributed by atoms with Crippen LogP contribution in [0.2, 0.25) is 0 Å². The molecule has 12 N–H and O–H groups in total. The smallest absolute Gasteiger partial charge is 0.180 e. The summed E-state index contributed by atoms with van der Waals surface area (Å²) in [5.74, 6) is -1.65. The Morgan fingerprint density at radius 3 is 2.57 bits per heavy atom. The van der Waals surface area contributed by atoms with Crippen molar-refractivity contribution in [2.75, 3.05) is 33.3 Å². The minimum absolute atomic E-state index is 0.00188. The van der Waals surface area contributed by atoms with Gasteiger partial charge in [0, 0.05) is 35.0 Å². The minimum atomic E-state index is -1.63. The normalized spacial score (nSPS) is 49.1. The Hall–Kier alpha value is -1.32. The number of nitrogens with zero attached hydrogens (tertiary/aromatic N) is 1. The summed E-state index contributed by atoms with van der Waals surface area (Å²) >= 11 is 0. The summed E-state index contributed by atoms with van der Waals surface area (Å²) in [7, 11) is 2.06. The second kappa shape index (κ2) is 16.8. The fraction of sp³-hybridized carbons (Fsp3) is 0.913. The number of rotatable bonds is 13. The lowest BCUT2D eigenvalue weighted by molar-refractivity contribution is -0.703. The van der Waals surface area contributed by atoms with Gasteiger partial charge in [-0.2, -0.15) is 0 Å². The average Bonchev–Trinajstić information content (AvgIpc) is 3.63. The van der Waals surface area contributed by atoms with E-state index < -0.39 is 75.7 Å². The Kier molecular flexibility index (Phi) is 12.9. The van der Waals surface area contributed by atoms with Crippen LogP contribution in [0, 0.1) is 63.6 Å². The molecule has 5 aliphatic carbocycles. The molecule has 19 unspecified atom stereocenters. The summed E-state index contributed by atoms with van der Waals surface area (Å²) < 4.78 is 6.37. The van der Waals surface area contributed by atoms with Gasteiger partial charge in [-0.3, -0.25) is 15.5 Å². The molecular formula is C46H80N4O8+2. The Morgan fingerprint density at radius 2 is 1.90 bits per heavy atom. The first-order valence-corrected chi connectivity index (χ1v) is 23.3. The van der Waals surface area contributed by atoms with Gasteiger partial charge < -0.3 is 46.0 Å². The number of aliphatic hydroxyl groups excluding tert-OH is 4. The van der Waals surface area contributed by atoms with Crippen molar-refractivity contribution in [2.24, 2.45) is 74.3 Å². The molecule has 330 valence electrons. The summed E-state index contributed by atoms with van der Waals surface area (Å²) in [5.41, 5.74) is 1.17. The molecule has 0 aromatic heterocycles. The van der Waals surface area contributed by atoms with Crippen LogP contribution >= 0.6 is 0 Å². The predicted octanol–water partition coefficient (Wildman–Crippen LogP) is 1.04. The first-order chi connectivity index (χ1) is 27.4. The zero-order valence-corrected chi connectivity index (χ0v) is 36.4. The number of Topliss-reactive ketones (excluding diaryl/α,β-unsaturated/α-hetero) is 1. The molecule has 1 spiro atoms. The molecule has 4 saturated carbocycles. The number of ketones is 1. The third kappa shape index (κ3) is 7.22. The largest absolute Gasteiger partial charge is 0.391 e. The van der Waals surface area contributed by atoms with Crippen molar-refractivity contribution in [2.45, 2.75) is 166 Å². The van der Waals surface area contributed by atoms with Crippen molar-refractivity contribution in [3.8, 4) is 0 Å². The number of aliphatic imine (C=N–C) groups is 1. The van der Waals surface area contributed by atoms with Gasteiger partial charge in [0.2, 0.25) is 0 Å². The fourth-order valence-electron chi connectivity index (χ4n) is 15.0. The lowest BCUT2D eigenvalue weighted by Crippen LogP contribution is -2.95. The highest BCUT2D eigenvalue weighted by Crippen LogP contribution is 2.75. The van der Waals surface area contributed by atoms with Crippen LogP contribution in [0.25, 0.3) is 0 Å². The van der Waals surface area contributed by atoms with E-state index in [0.717, 1.165) is 32.2 Å². The van der Waals surface area contributed by atoms with Gasteiger partial charge in [0.25, 0.3) is 0 Å². The number of nitrogens with two attached hydrogens (primary N) is 3. The van der Waals surface area contributed by atoms with Crippen molar-refractivity contribution in [1.29, 1.82) is 0 Å². The highest BCUT2D eigenvalue weighted by molar-refractivity contribution is 6.42. The maximum Gasteiger partial charge on any atom is 0.180 e. The molecule has 7 rings (SSSR count). The topological polar surface area (TPSA) is 219 Å². The van der Waals surface area contributed by atoms with E-state index in [1.54, 1.807) is 13.8 Å². The molecule has 12 heteroatoms. The number of carbonyl (C=O) groups is 1. The van der Waals surface area contributed by atoms with Crippen molar-refractivity contribution < 1.29 is 50.8 Å². The third-order valence-corrected chi connectivity index (χ3v) is 17.9. The van der Waals surface area contributed by atoms with E-state index >= 15 is 4.79 Å². The predicted molar refractivity (Wildman–Crippen MR) is 221 cm³/mol. The number of quaternary nitrogens is 2. The number of allylic oxidation sites excluding steroid dienone is 1.